The minimum absolute atomic E-state index is 0.0917. The maximum Gasteiger partial charge on any atom is 0.132 e. The normalized spacial score (nSPS) is 15.6. The van der Waals surface area contributed by atoms with E-state index in [-0.39, 0.29) is 17.6 Å². The topological polar surface area (TPSA) is 46.5 Å². The van der Waals surface area contributed by atoms with Crippen molar-refractivity contribution in [1.29, 1.82) is 0 Å². The van der Waals surface area contributed by atoms with Gasteiger partial charge >= 0.3 is 0 Å². The van der Waals surface area contributed by atoms with E-state index >= 15 is 0 Å². The van der Waals surface area contributed by atoms with E-state index in [1.807, 2.05) is 48.5 Å². The number of ether oxygens (including phenoxy) is 1. The quantitative estimate of drug-likeness (QED) is 0.534. The molecule has 0 aliphatic carbocycles. The van der Waals surface area contributed by atoms with E-state index in [0.29, 0.717) is 18.6 Å². The molecule has 0 saturated carbocycles. The standard InChI is InChI=1S/C25H34O3/c1-24(20-26,21-12-6-4-7-13-21)18-10-16-23(27)17-11-19-25(2,28-3)22-14-8-5-9-15-22/h4-9,12-15,26H,10-11,16-20H2,1-3H3. The van der Waals surface area contributed by atoms with Crippen molar-refractivity contribution in [1.82, 2.24) is 0 Å². The highest BCUT2D eigenvalue weighted by molar-refractivity contribution is 5.78. The minimum Gasteiger partial charge on any atom is -0.395 e. The molecule has 0 aliphatic rings. The van der Waals surface area contributed by atoms with Gasteiger partial charge in [0.1, 0.15) is 5.78 Å². The average molecular weight is 383 g/mol. The predicted molar refractivity (Wildman–Crippen MR) is 114 cm³/mol. The SMILES string of the molecule is COC(C)(CCCC(=O)CCCC(C)(CO)c1ccccc1)c1ccccc1. The first-order chi connectivity index (χ1) is 13.4. The number of hydrogen-bond acceptors (Lipinski definition) is 3. The summed E-state index contributed by atoms with van der Waals surface area (Å²) in [6, 6.07) is 20.2. The van der Waals surface area contributed by atoms with Crippen LogP contribution in [0.25, 0.3) is 0 Å². The van der Waals surface area contributed by atoms with Crippen LogP contribution >= 0.6 is 0 Å². The first-order valence-corrected chi connectivity index (χ1v) is 10.2. The second kappa shape index (κ2) is 10.5. The lowest BCUT2D eigenvalue weighted by molar-refractivity contribution is -0.119. The summed E-state index contributed by atoms with van der Waals surface area (Å²) in [5.41, 5.74) is 1.63. The fraction of sp³-hybridized carbons (Fsp3) is 0.480. The lowest BCUT2D eigenvalue weighted by Gasteiger charge is -2.29. The molecule has 2 rings (SSSR count). The van der Waals surface area contributed by atoms with E-state index in [0.717, 1.165) is 36.8 Å². The van der Waals surface area contributed by atoms with Gasteiger partial charge in [-0.05, 0) is 43.7 Å². The smallest absolute Gasteiger partial charge is 0.132 e. The third kappa shape index (κ3) is 6.02. The molecule has 0 aromatic heterocycles. The van der Waals surface area contributed by atoms with E-state index in [1.165, 1.54) is 0 Å². The van der Waals surface area contributed by atoms with E-state index in [2.05, 4.69) is 26.0 Å². The Labute approximate surface area is 169 Å². The molecule has 2 aromatic rings. The zero-order chi connectivity index (χ0) is 20.5. The van der Waals surface area contributed by atoms with Crippen LogP contribution in [0.4, 0.5) is 0 Å². The van der Waals surface area contributed by atoms with Gasteiger partial charge in [-0.1, -0.05) is 67.6 Å². The number of hydrogen-bond donors (Lipinski definition) is 1. The third-order valence-electron chi connectivity index (χ3n) is 5.95. The van der Waals surface area contributed by atoms with Crippen LogP contribution in [-0.4, -0.2) is 24.6 Å². The van der Waals surface area contributed by atoms with E-state index in [4.69, 9.17) is 4.74 Å². The molecular formula is C25H34O3. The van der Waals surface area contributed by atoms with Crippen molar-refractivity contribution in [2.75, 3.05) is 13.7 Å². The molecule has 28 heavy (non-hydrogen) atoms. The largest absolute Gasteiger partial charge is 0.395 e. The van der Waals surface area contributed by atoms with Crippen LogP contribution in [0.3, 0.4) is 0 Å². The van der Waals surface area contributed by atoms with Gasteiger partial charge in [0, 0.05) is 25.4 Å². The van der Waals surface area contributed by atoms with Crippen molar-refractivity contribution >= 4 is 5.78 Å². The van der Waals surface area contributed by atoms with Gasteiger partial charge < -0.3 is 9.84 Å². The molecule has 2 aromatic carbocycles. The Morgan fingerprint density at radius 2 is 1.36 bits per heavy atom. The number of ketones is 1. The van der Waals surface area contributed by atoms with Crippen LogP contribution in [-0.2, 0) is 20.5 Å². The maximum absolute atomic E-state index is 12.4. The molecule has 3 nitrogen and oxygen atoms in total. The van der Waals surface area contributed by atoms with Crippen LogP contribution in [0.5, 0.6) is 0 Å². The molecular weight excluding hydrogens is 348 g/mol. The van der Waals surface area contributed by atoms with Crippen LogP contribution in [0.1, 0.15) is 63.5 Å². The van der Waals surface area contributed by atoms with Gasteiger partial charge in [-0.2, -0.15) is 0 Å². The fourth-order valence-electron chi connectivity index (χ4n) is 3.73. The molecule has 0 saturated heterocycles. The van der Waals surface area contributed by atoms with Gasteiger partial charge in [-0.15, -0.1) is 0 Å². The van der Waals surface area contributed by atoms with Crippen LogP contribution < -0.4 is 0 Å². The fourth-order valence-corrected chi connectivity index (χ4v) is 3.73. The third-order valence-corrected chi connectivity index (χ3v) is 5.95. The number of carbonyl (C=O) groups is 1. The molecule has 0 aliphatic heterocycles. The number of Topliss-reactive ketones (excluding diaryl/α,β-unsaturated/α-hetero) is 1. The van der Waals surface area contributed by atoms with Crippen molar-refractivity contribution in [3.63, 3.8) is 0 Å². The Balaban J connectivity index is 1.78. The van der Waals surface area contributed by atoms with Gasteiger partial charge in [-0.25, -0.2) is 0 Å². The molecule has 0 bridgehead atoms. The van der Waals surface area contributed by atoms with Gasteiger partial charge in [0.2, 0.25) is 0 Å². The maximum atomic E-state index is 12.4. The molecule has 2 unspecified atom stereocenters. The Hall–Kier alpha value is -1.97. The van der Waals surface area contributed by atoms with Crippen LogP contribution in [0, 0.1) is 0 Å². The van der Waals surface area contributed by atoms with E-state index in [1.54, 1.807) is 7.11 Å². The van der Waals surface area contributed by atoms with Crippen LogP contribution in [0.2, 0.25) is 0 Å². The van der Waals surface area contributed by atoms with Gasteiger partial charge in [0.25, 0.3) is 0 Å². The van der Waals surface area contributed by atoms with Crippen molar-refractivity contribution in [3.8, 4) is 0 Å². The average Bonchev–Trinajstić information content (AvgIpc) is 2.74. The Kier molecular flexibility index (Phi) is 8.40. The first-order valence-electron chi connectivity index (χ1n) is 10.2. The number of benzene rings is 2. The highest BCUT2D eigenvalue weighted by Crippen LogP contribution is 2.31. The van der Waals surface area contributed by atoms with Crippen molar-refractivity contribution in [3.05, 3.63) is 71.8 Å². The molecule has 0 spiro atoms. The molecule has 2 atom stereocenters. The summed E-state index contributed by atoms with van der Waals surface area (Å²) < 4.78 is 5.76. The number of methoxy groups -OCH3 is 1. The molecule has 152 valence electrons. The van der Waals surface area contributed by atoms with E-state index in [9.17, 15) is 9.90 Å². The zero-order valence-electron chi connectivity index (χ0n) is 17.5. The van der Waals surface area contributed by atoms with Gasteiger partial charge in [0.15, 0.2) is 0 Å². The van der Waals surface area contributed by atoms with Crippen LogP contribution in [0.15, 0.2) is 60.7 Å². The summed E-state index contributed by atoms with van der Waals surface area (Å²) in [6.07, 6.45) is 4.38. The lowest BCUT2D eigenvalue weighted by atomic mass is 9.78. The molecule has 0 heterocycles. The number of rotatable bonds is 12. The highest BCUT2D eigenvalue weighted by Gasteiger charge is 2.27. The molecule has 1 N–H and O–H groups in total. The van der Waals surface area contributed by atoms with Gasteiger partial charge in [0.05, 0.1) is 12.2 Å². The Bertz CT molecular complexity index is 652. The summed E-state index contributed by atoms with van der Waals surface area (Å²) in [5.74, 6) is 0.292. The Morgan fingerprint density at radius 3 is 1.86 bits per heavy atom. The predicted octanol–water partition coefficient (Wildman–Crippen LogP) is 5.41. The molecule has 0 radical (unpaired) electrons. The zero-order valence-corrected chi connectivity index (χ0v) is 17.5. The summed E-state index contributed by atoms with van der Waals surface area (Å²) >= 11 is 0. The Morgan fingerprint density at radius 1 is 0.857 bits per heavy atom. The highest BCUT2D eigenvalue weighted by atomic mass is 16.5. The monoisotopic (exact) mass is 382 g/mol. The summed E-state index contributed by atoms with van der Waals surface area (Å²) in [4.78, 5) is 12.4. The second-order valence-corrected chi connectivity index (χ2v) is 8.13. The van der Waals surface area contributed by atoms with Crippen molar-refractivity contribution < 1.29 is 14.6 Å². The summed E-state index contributed by atoms with van der Waals surface area (Å²) in [5, 5.41) is 9.87. The summed E-state index contributed by atoms with van der Waals surface area (Å²) in [7, 11) is 1.73. The van der Waals surface area contributed by atoms with Crippen molar-refractivity contribution in [2.24, 2.45) is 0 Å². The van der Waals surface area contributed by atoms with Gasteiger partial charge in [-0.3, -0.25) is 4.79 Å². The lowest BCUT2D eigenvalue weighted by Crippen LogP contribution is -2.27. The summed E-state index contributed by atoms with van der Waals surface area (Å²) in [6.45, 7) is 4.24. The molecule has 3 heteroatoms. The molecule has 0 amide bonds. The molecule has 0 fully saturated rings. The second-order valence-electron chi connectivity index (χ2n) is 8.13. The number of aliphatic hydroxyl groups is 1. The minimum atomic E-state index is -0.357. The van der Waals surface area contributed by atoms with E-state index < -0.39 is 0 Å². The number of aliphatic hydroxyl groups excluding tert-OH is 1. The number of carbonyl (C=O) groups excluding carboxylic acids is 1. The first kappa shape index (κ1) is 22.3. The van der Waals surface area contributed by atoms with Crippen molar-refractivity contribution in [2.45, 2.75) is 63.4 Å².